The number of rotatable bonds is 5. The van der Waals surface area contributed by atoms with E-state index in [0.717, 1.165) is 5.56 Å². The monoisotopic (exact) mass is 434 g/mol. The van der Waals surface area contributed by atoms with Gasteiger partial charge in [0.15, 0.2) is 0 Å². The van der Waals surface area contributed by atoms with Crippen molar-refractivity contribution >= 4 is 29.1 Å². The summed E-state index contributed by atoms with van der Waals surface area (Å²) >= 11 is 5.96. The van der Waals surface area contributed by atoms with Crippen LogP contribution in [0.15, 0.2) is 78.6 Å². The molecule has 2 aromatic carbocycles. The van der Waals surface area contributed by atoms with E-state index in [9.17, 15) is 14.7 Å². The van der Waals surface area contributed by atoms with Crippen LogP contribution in [0, 0.1) is 0 Å². The van der Waals surface area contributed by atoms with Gasteiger partial charge in [-0.3, -0.25) is 14.6 Å². The number of pyridine rings is 1. The van der Waals surface area contributed by atoms with Crippen molar-refractivity contribution < 1.29 is 19.4 Å². The van der Waals surface area contributed by atoms with Gasteiger partial charge in [0.2, 0.25) is 0 Å². The standard InChI is InChI=1S/C24H19ClN2O4/c1-31-19-5-3-2-4-18(19)21-20(22(28)16-6-8-17(25)9-7-16)23(29)24(30)27(21)14-15-10-12-26-13-11-15/h2-13,21,28H,14H2,1H3/b22-20-. The third-order valence-electron chi connectivity index (χ3n) is 5.19. The highest BCUT2D eigenvalue weighted by Gasteiger charge is 2.47. The highest BCUT2D eigenvalue weighted by molar-refractivity contribution is 6.46. The van der Waals surface area contributed by atoms with E-state index in [1.807, 2.05) is 0 Å². The van der Waals surface area contributed by atoms with Crippen LogP contribution in [0.1, 0.15) is 22.7 Å². The van der Waals surface area contributed by atoms with Crippen molar-refractivity contribution in [3.8, 4) is 5.75 Å². The van der Waals surface area contributed by atoms with E-state index >= 15 is 0 Å². The molecular formula is C24H19ClN2O4. The molecule has 6 nitrogen and oxygen atoms in total. The molecule has 3 aromatic rings. The number of para-hydroxylation sites is 1. The third kappa shape index (κ3) is 3.90. The quantitative estimate of drug-likeness (QED) is 0.366. The number of ketones is 1. The Kier molecular flexibility index (Phi) is 5.73. The van der Waals surface area contributed by atoms with Crippen LogP contribution in [-0.2, 0) is 16.1 Å². The van der Waals surface area contributed by atoms with Gasteiger partial charge in [-0.05, 0) is 48.0 Å². The summed E-state index contributed by atoms with van der Waals surface area (Å²) in [6.45, 7) is 0.174. The van der Waals surface area contributed by atoms with Crippen LogP contribution < -0.4 is 4.74 Å². The van der Waals surface area contributed by atoms with Gasteiger partial charge in [-0.2, -0.15) is 0 Å². The van der Waals surface area contributed by atoms with Gasteiger partial charge < -0.3 is 14.7 Å². The molecule has 0 saturated carbocycles. The average molecular weight is 435 g/mol. The maximum atomic E-state index is 13.1. The molecule has 1 saturated heterocycles. The maximum absolute atomic E-state index is 13.1. The lowest BCUT2D eigenvalue weighted by atomic mass is 9.94. The van der Waals surface area contributed by atoms with Gasteiger partial charge in [0, 0.05) is 35.1 Å². The van der Waals surface area contributed by atoms with Crippen LogP contribution in [0.25, 0.3) is 5.76 Å². The minimum Gasteiger partial charge on any atom is -0.507 e. The summed E-state index contributed by atoms with van der Waals surface area (Å²) in [5.41, 5.74) is 1.81. The number of carbonyl (C=O) groups is 2. The number of aliphatic hydroxyl groups is 1. The number of nitrogens with zero attached hydrogens (tertiary/aromatic N) is 2. The molecule has 0 bridgehead atoms. The summed E-state index contributed by atoms with van der Waals surface area (Å²) in [6, 6.07) is 16.3. The number of methoxy groups -OCH3 is 1. The molecule has 1 atom stereocenters. The number of likely N-dealkylation sites (tertiary alicyclic amines) is 1. The van der Waals surface area contributed by atoms with E-state index < -0.39 is 17.7 Å². The second-order valence-corrected chi connectivity index (χ2v) is 7.47. The van der Waals surface area contributed by atoms with Crippen LogP contribution >= 0.6 is 11.6 Å². The molecule has 7 heteroatoms. The van der Waals surface area contributed by atoms with Crippen LogP contribution in [0.4, 0.5) is 0 Å². The van der Waals surface area contributed by atoms with E-state index in [4.69, 9.17) is 16.3 Å². The number of aliphatic hydroxyl groups excluding tert-OH is 1. The maximum Gasteiger partial charge on any atom is 0.295 e. The Balaban J connectivity index is 1.90. The number of ether oxygens (including phenoxy) is 1. The Hall–Kier alpha value is -3.64. The third-order valence-corrected chi connectivity index (χ3v) is 5.45. The van der Waals surface area contributed by atoms with Gasteiger partial charge >= 0.3 is 0 Å². The number of Topliss-reactive ketones (excluding diaryl/α,β-unsaturated/α-hetero) is 1. The summed E-state index contributed by atoms with van der Waals surface area (Å²) in [4.78, 5) is 31.6. The number of carbonyl (C=O) groups excluding carboxylic acids is 2. The van der Waals surface area contributed by atoms with Crippen LogP contribution in [-0.4, -0.2) is 33.8 Å². The second kappa shape index (κ2) is 8.62. The first-order chi connectivity index (χ1) is 15.0. The topological polar surface area (TPSA) is 79.7 Å². The van der Waals surface area contributed by atoms with Crippen molar-refractivity contribution in [2.75, 3.05) is 7.11 Å². The van der Waals surface area contributed by atoms with E-state index in [1.165, 1.54) is 12.0 Å². The van der Waals surface area contributed by atoms with Gasteiger partial charge in [-0.1, -0.05) is 29.8 Å². The van der Waals surface area contributed by atoms with Gasteiger partial charge in [-0.15, -0.1) is 0 Å². The lowest BCUT2D eigenvalue weighted by molar-refractivity contribution is -0.140. The number of hydrogen-bond donors (Lipinski definition) is 1. The van der Waals surface area contributed by atoms with Crippen LogP contribution in [0.2, 0.25) is 5.02 Å². The Morgan fingerprint density at radius 1 is 1.06 bits per heavy atom. The summed E-state index contributed by atoms with van der Waals surface area (Å²) < 4.78 is 5.50. The Morgan fingerprint density at radius 3 is 2.42 bits per heavy atom. The molecule has 1 aromatic heterocycles. The SMILES string of the molecule is COc1ccccc1C1/C(=C(/O)c2ccc(Cl)cc2)C(=O)C(=O)N1Cc1ccncc1. The highest BCUT2D eigenvalue weighted by Crippen LogP contribution is 2.43. The summed E-state index contributed by atoms with van der Waals surface area (Å²) in [5.74, 6) is -1.19. The van der Waals surface area contributed by atoms with Gasteiger partial charge in [0.05, 0.1) is 18.7 Å². The largest absolute Gasteiger partial charge is 0.507 e. The van der Waals surface area contributed by atoms with Crippen LogP contribution in [0.3, 0.4) is 0 Å². The molecule has 2 heterocycles. The summed E-state index contributed by atoms with van der Waals surface area (Å²) in [5, 5.41) is 11.6. The molecule has 4 rings (SSSR count). The van der Waals surface area contributed by atoms with Crippen molar-refractivity contribution in [3.63, 3.8) is 0 Å². The fourth-order valence-corrected chi connectivity index (χ4v) is 3.83. The fraction of sp³-hybridized carbons (Fsp3) is 0.125. The number of amides is 1. The second-order valence-electron chi connectivity index (χ2n) is 7.03. The molecule has 156 valence electrons. The Morgan fingerprint density at radius 2 is 1.74 bits per heavy atom. The predicted octanol–water partition coefficient (Wildman–Crippen LogP) is 4.37. The lowest BCUT2D eigenvalue weighted by Gasteiger charge is -2.26. The predicted molar refractivity (Wildman–Crippen MR) is 117 cm³/mol. The normalized spacial score (nSPS) is 17.7. The minimum atomic E-state index is -0.819. The van der Waals surface area contributed by atoms with Crippen molar-refractivity contribution in [3.05, 3.63) is 100 Å². The Bertz CT molecular complexity index is 1160. The molecule has 0 aliphatic carbocycles. The first kappa shape index (κ1) is 20.6. The molecule has 1 aliphatic rings. The number of benzene rings is 2. The molecular weight excluding hydrogens is 416 g/mol. The molecule has 1 N–H and O–H groups in total. The summed E-state index contributed by atoms with van der Waals surface area (Å²) in [6.07, 6.45) is 3.25. The van der Waals surface area contributed by atoms with E-state index in [1.54, 1.807) is 73.1 Å². The average Bonchev–Trinajstić information content (AvgIpc) is 3.04. The van der Waals surface area contributed by atoms with Gasteiger partial charge in [0.1, 0.15) is 11.5 Å². The highest BCUT2D eigenvalue weighted by atomic mass is 35.5. The van der Waals surface area contributed by atoms with E-state index in [-0.39, 0.29) is 17.9 Å². The summed E-state index contributed by atoms with van der Waals surface area (Å²) in [7, 11) is 1.52. The lowest BCUT2D eigenvalue weighted by Crippen LogP contribution is -2.29. The first-order valence-corrected chi connectivity index (χ1v) is 9.95. The minimum absolute atomic E-state index is 0.00544. The van der Waals surface area contributed by atoms with Crippen LogP contribution in [0.5, 0.6) is 5.75 Å². The fourth-order valence-electron chi connectivity index (χ4n) is 3.71. The van der Waals surface area contributed by atoms with Crippen molar-refractivity contribution in [1.29, 1.82) is 0 Å². The smallest absolute Gasteiger partial charge is 0.295 e. The van der Waals surface area contributed by atoms with Crippen molar-refractivity contribution in [2.45, 2.75) is 12.6 Å². The zero-order valence-corrected chi connectivity index (χ0v) is 17.4. The zero-order valence-electron chi connectivity index (χ0n) is 16.7. The molecule has 1 amide bonds. The molecule has 1 unspecified atom stereocenters. The Labute approximate surface area is 184 Å². The molecule has 1 fully saturated rings. The van der Waals surface area contributed by atoms with Crippen molar-refractivity contribution in [1.82, 2.24) is 9.88 Å². The zero-order chi connectivity index (χ0) is 22.0. The number of hydrogen-bond acceptors (Lipinski definition) is 5. The number of halogens is 1. The molecule has 31 heavy (non-hydrogen) atoms. The molecule has 0 spiro atoms. The molecule has 0 radical (unpaired) electrons. The van der Waals surface area contributed by atoms with Gasteiger partial charge in [0.25, 0.3) is 11.7 Å². The number of aromatic nitrogens is 1. The van der Waals surface area contributed by atoms with Crippen molar-refractivity contribution in [2.24, 2.45) is 0 Å². The van der Waals surface area contributed by atoms with E-state index in [2.05, 4.69) is 4.98 Å². The van der Waals surface area contributed by atoms with Gasteiger partial charge in [-0.25, -0.2) is 0 Å². The first-order valence-electron chi connectivity index (χ1n) is 9.57. The molecule has 1 aliphatic heterocycles. The van der Waals surface area contributed by atoms with E-state index in [0.29, 0.717) is 21.9 Å².